The average Bonchev–Trinajstić information content (AvgIpc) is 2.56. The average molecular weight is 340 g/mol. The van der Waals surface area contributed by atoms with Crippen LogP contribution in [-0.4, -0.2) is 20.1 Å². The highest BCUT2D eigenvalue weighted by molar-refractivity contribution is 5.99. The van der Waals surface area contributed by atoms with E-state index < -0.39 is 34.6 Å². The third-order valence-corrected chi connectivity index (χ3v) is 3.37. The topological polar surface area (TPSA) is 73.6 Å². The molecule has 3 N–H and O–H groups in total. The van der Waals surface area contributed by atoms with Gasteiger partial charge in [-0.15, -0.1) is 0 Å². The summed E-state index contributed by atoms with van der Waals surface area (Å²) in [7, 11) is 2.92. The Hall–Kier alpha value is -2.90. The second-order valence-corrected chi connectivity index (χ2v) is 4.80. The summed E-state index contributed by atoms with van der Waals surface area (Å²) in [5, 5.41) is 2.56. The highest BCUT2D eigenvalue weighted by Gasteiger charge is 2.23. The second kappa shape index (κ2) is 7.12. The molecule has 128 valence electrons. The highest BCUT2D eigenvalue weighted by atomic mass is 19.2. The van der Waals surface area contributed by atoms with Crippen LogP contribution in [0.1, 0.15) is 15.9 Å². The van der Waals surface area contributed by atoms with Gasteiger partial charge in [0.05, 0.1) is 19.9 Å². The summed E-state index contributed by atoms with van der Waals surface area (Å²) >= 11 is 0. The number of amides is 1. The number of carbonyl (C=O) groups excluding carboxylic acids is 1. The van der Waals surface area contributed by atoms with Crippen LogP contribution in [0.2, 0.25) is 0 Å². The van der Waals surface area contributed by atoms with E-state index >= 15 is 0 Å². The smallest absolute Gasteiger partial charge is 0.254 e. The lowest BCUT2D eigenvalue weighted by molar-refractivity contribution is 0.0995. The van der Waals surface area contributed by atoms with E-state index in [1.807, 2.05) is 0 Å². The monoisotopic (exact) mass is 340 g/mol. The van der Waals surface area contributed by atoms with Gasteiger partial charge in [0.25, 0.3) is 5.91 Å². The molecule has 0 unspecified atom stereocenters. The number of halogens is 3. The number of anilines is 1. The standard InChI is InChI=1S/C16H15F3N2O3/c1-23-9-4-3-8(12(5-9)24-2)7-21-15-11(18)6-10(17)14(19)13(15)16(20)22/h3-6,21H,7H2,1-2H3,(H2,20,22). The zero-order valence-corrected chi connectivity index (χ0v) is 13.0. The summed E-state index contributed by atoms with van der Waals surface area (Å²) in [6.45, 7) is -0.0184. The van der Waals surface area contributed by atoms with Gasteiger partial charge in [0.2, 0.25) is 0 Å². The molecule has 0 saturated heterocycles. The van der Waals surface area contributed by atoms with Crippen LogP contribution >= 0.6 is 0 Å². The van der Waals surface area contributed by atoms with Gasteiger partial charge >= 0.3 is 0 Å². The predicted octanol–water partition coefficient (Wildman–Crippen LogP) is 2.83. The summed E-state index contributed by atoms with van der Waals surface area (Å²) < 4.78 is 51.2. The van der Waals surface area contributed by atoms with E-state index in [0.717, 1.165) is 0 Å². The zero-order valence-electron chi connectivity index (χ0n) is 13.0. The molecule has 0 bridgehead atoms. The van der Waals surface area contributed by atoms with Crippen LogP contribution in [0.25, 0.3) is 0 Å². The van der Waals surface area contributed by atoms with Gasteiger partial charge in [0.15, 0.2) is 11.6 Å². The van der Waals surface area contributed by atoms with E-state index in [1.165, 1.54) is 14.2 Å². The van der Waals surface area contributed by atoms with Crippen molar-refractivity contribution in [3.63, 3.8) is 0 Å². The van der Waals surface area contributed by atoms with Crippen LogP contribution in [0.4, 0.5) is 18.9 Å². The number of nitrogens with two attached hydrogens (primary N) is 1. The number of hydrogen-bond acceptors (Lipinski definition) is 4. The van der Waals surface area contributed by atoms with Gasteiger partial charge in [0, 0.05) is 24.2 Å². The van der Waals surface area contributed by atoms with Crippen molar-refractivity contribution in [3.05, 3.63) is 52.8 Å². The van der Waals surface area contributed by atoms with Gasteiger partial charge in [0.1, 0.15) is 22.9 Å². The number of nitrogens with one attached hydrogen (secondary N) is 1. The lowest BCUT2D eigenvalue weighted by atomic mass is 10.1. The van der Waals surface area contributed by atoms with E-state index in [1.54, 1.807) is 18.2 Å². The Bertz CT molecular complexity index is 782. The highest BCUT2D eigenvalue weighted by Crippen LogP contribution is 2.28. The van der Waals surface area contributed by atoms with Gasteiger partial charge in [-0.1, -0.05) is 0 Å². The molecule has 0 aliphatic heterocycles. The maximum atomic E-state index is 13.9. The van der Waals surface area contributed by atoms with Gasteiger partial charge in [-0.25, -0.2) is 13.2 Å². The summed E-state index contributed by atoms with van der Waals surface area (Å²) in [6.07, 6.45) is 0. The molecule has 0 saturated carbocycles. The molecule has 0 heterocycles. The SMILES string of the molecule is COc1ccc(CNc2c(F)cc(F)c(F)c2C(N)=O)c(OC)c1. The molecule has 8 heteroatoms. The normalized spacial score (nSPS) is 10.4. The minimum absolute atomic E-state index is 0.0184. The van der Waals surface area contributed by atoms with Crippen molar-refractivity contribution in [2.75, 3.05) is 19.5 Å². The number of ether oxygens (including phenoxy) is 2. The number of primary amides is 1. The summed E-state index contributed by atoms with van der Waals surface area (Å²) in [5.74, 6) is -4.43. The Morgan fingerprint density at radius 3 is 2.42 bits per heavy atom. The van der Waals surface area contributed by atoms with Gasteiger partial charge in [-0.2, -0.15) is 0 Å². The number of carbonyl (C=O) groups is 1. The van der Waals surface area contributed by atoms with E-state index in [0.29, 0.717) is 23.1 Å². The molecule has 24 heavy (non-hydrogen) atoms. The van der Waals surface area contributed by atoms with Crippen molar-refractivity contribution in [1.29, 1.82) is 0 Å². The maximum Gasteiger partial charge on any atom is 0.254 e. The summed E-state index contributed by atoms with van der Waals surface area (Å²) in [6, 6.07) is 5.24. The predicted molar refractivity (Wildman–Crippen MR) is 81.7 cm³/mol. The van der Waals surface area contributed by atoms with E-state index in [2.05, 4.69) is 5.32 Å². The number of rotatable bonds is 6. The summed E-state index contributed by atoms with van der Waals surface area (Å²) in [5.41, 5.74) is 4.21. The summed E-state index contributed by atoms with van der Waals surface area (Å²) in [4.78, 5) is 11.3. The first-order valence-corrected chi connectivity index (χ1v) is 6.81. The molecular formula is C16H15F3N2O3. The Kier molecular flexibility index (Phi) is 5.18. The lowest BCUT2D eigenvalue weighted by Gasteiger charge is -2.15. The third-order valence-electron chi connectivity index (χ3n) is 3.37. The third kappa shape index (κ3) is 3.37. The number of benzene rings is 2. The van der Waals surface area contributed by atoms with Gasteiger partial charge < -0.3 is 20.5 Å². The van der Waals surface area contributed by atoms with Crippen molar-refractivity contribution < 1.29 is 27.4 Å². The fourth-order valence-electron chi connectivity index (χ4n) is 2.18. The minimum Gasteiger partial charge on any atom is -0.497 e. The molecule has 0 aliphatic carbocycles. The Morgan fingerprint density at radius 2 is 1.83 bits per heavy atom. The molecule has 0 aliphatic rings. The van der Waals surface area contributed by atoms with Crippen LogP contribution in [0.15, 0.2) is 24.3 Å². The Labute approximate surface area is 136 Å². The Morgan fingerprint density at radius 1 is 1.12 bits per heavy atom. The minimum atomic E-state index is -1.51. The fourth-order valence-corrected chi connectivity index (χ4v) is 2.18. The first kappa shape index (κ1) is 17.5. The maximum absolute atomic E-state index is 13.9. The molecule has 0 fully saturated rings. The molecule has 5 nitrogen and oxygen atoms in total. The van der Waals surface area contributed by atoms with E-state index in [9.17, 15) is 18.0 Å². The van der Waals surface area contributed by atoms with E-state index in [-0.39, 0.29) is 6.54 Å². The van der Waals surface area contributed by atoms with Crippen molar-refractivity contribution >= 4 is 11.6 Å². The lowest BCUT2D eigenvalue weighted by Crippen LogP contribution is -2.19. The van der Waals surface area contributed by atoms with Gasteiger partial charge in [-0.3, -0.25) is 4.79 Å². The molecule has 0 atom stereocenters. The quantitative estimate of drug-likeness (QED) is 0.793. The molecule has 0 spiro atoms. The first-order chi connectivity index (χ1) is 11.4. The largest absolute Gasteiger partial charge is 0.497 e. The second-order valence-electron chi connectivity index (χ2n) is 4.80. The zero-order chi connectivity index (χ0) is 17.9. The van der Waals surface area contributed by atoms with Crippen LogP contribution in [-0.2, 0) is 6.54 Å². The van der Waals surface area contributed by atoms with Crippen molar-refractivity contribution in [2.24, 2.45) is 5.73 Å². The first-order valence-electron chi connectivity index (χ1n) is 6.81. The number of hydrogen-bond donors (Lipinski definition) is 2. The van der Waals surface area contributed by atoms with Crippen molar-refractivity contribution in [3.8, 4) is 11.5 Å². The van der Waals surface area contributed by atoms with E-state index in [4.69, 9.17) is 15.2 Å². The van der Waals surface area contributed by atoms with Crippen LogP contribution in [0.3, 0.4) is 0 Å². The molecule has 2 aromatic rings. The van der Waals surface area contributed by atoms with Crippen LogP contribution in [0, 0.1) is 17.5 Å². The fraction of sp³-hybridized carbons (Fsp3) is 0.188. The van der Waals surface area contributed by atoms with Crippen molar-refractivity contribution in [2.45, 2.75) is 6.54 Å². The van der Waals surface area contributed by atoms with Crippen molar-refractivity contribution in [1.82, 2.24) is 0 Å². The molecule has 2 aromatic carbocycles. The molecular weight excluding hydrogens is 325 g/mol. The Balaban J connectivity index is 2.36. The van der Waals surface area contributed by atoms with Crippen LogP contribution in [0.5, 0.6) is 11.5 Å². The number of methoxy groups -OCH3 is 2. The molecule has 1 amide bonds. The van der Waals surface area contributed by atoms with Crippen LogP contribution < -0.4 is 20.5 Å². The molecule has 2 rings (SSSR count). The molecule has 0 aromatic heterocycles. The molecule has 0 radical (unpaired) electrons. The van der Waals surface area contributed by atoms with Gasteiger partial charge in [-0.05, 0) is 12.1 Å².